The van der Waals surface area contributed by atoms with Gasteiger partial charge in [-0.25, -0.2) is 4.57 Å². The second-order valence-corrected chi connectivity index (χ2v) is 4.61. The fourth-order valence-corrected chi connectivity index (χ4v) is 2.53. The molecule has 1 aliphatic rings. The molecule has 17 heavy (non-hydrogen) atoms. The SMILES string of the molecule is C[n+]1ccccc1N1CCc2ccccc2C1. The molecule has 0 amide bonds. The third kappa shape index (κ3) is 1.91. The number of anilines is 1. The maximum atomic E-state index is 2.45. The summed E-state index contributed by atoms with van der Waals surface area (Å²) in [7, 11) is 2.11. The van der Waals surface area contributed by atoms with Crippen LogP contribution in [0.1, 0.15) is 11.1 Å². The van der Waals surface area contributed by atoms with Gasteiger partial charge in [0.1, 0.15) is 6.54 Å². The van der Waals surface area contributed by atoms with Crippen molar-refractivity contribution < 1.29 is 4.57 Å². The molecule has 1 aromatic heterocycles. The van der Waals surface area contributed by atoms with Crippen LogP contribution in [-0.4, -0.2) is 6.54 Å². The van der Waals surface area contributed by atoms with Gasteiger partial charge >= 0.3 is 0 Å². The van der Waals surface area contributed by atoms with E-state index in [1.54, 1.807) is 0 Å². The fraction of sp³-hybridized carbons (Fsp3) is 0.267. The lowest BCUT2D eigenvalue weighted by atomic mass is 10.00. The van der Waals surface area contributed by atoms with Crippen molar-refractivity contribution in [3.8, 4) is 0 Å². The van der Waals surface area contributed by atoms with Crippen LogP contribution in [0.2, 0.25) is 0 Å². The summed E-state index contributed by atoms with van der Waals surface area (Å²) in [6.07, 6.45) is 3.25. The van der Waals surface area contributed by atoms with E-state index in [0.717, 1.165) is 19.5 Å². The molecule has 1 aliphatic heterocycles. The van der Waals surface area contributed by atoms with Gasteiger partial charge < -0.3 is 0 Å². The molecule has 0 atom stereocenters. The van der Waals surface area contributed by atoms with Crippen molar-refractivity contribution in [2.45, 2.75) is 13.0 Å². The zero-order chi connectivity index (χ0) is 11.7. The quantitative estimate of drug-likeness (QED) is 0.674. The Morgan fingerprint density at radius 3 is 2.59 bits per heavy atom. The van der Waals surface area contributed by atoms with Gasteiger partial charge in [0.05, 0.1) is 19.8 Å². The highest BCUT2D eigenvalue weighted by Gasteiger charge is 2.23. The Balaban J connectivity index is 1.92. The molecular weight excluding hydrogens is 208 g/mol. The van der Waals surface area contributed by atoms with Crippen molar-refractivity contribution in [2.24, 2.45) is 7.05 Å². The van der Waals surface area contributed by atoms with Crippen molar-refractivity contribution in [2.75, 3.05) is 11.4 Å². The van der Waals surface area contributed by atoms with Gasteiger partial charge in [0.2, 0.25) is 0 Å². The number of aromatic nitrogens is 1. The van der Waals surface area contributed by atoms with Crippen LogP contribution in [0.3, 0.4) is 0 Å². The highest BCUT2D eigenvalue weighted by molar-refractivity contribution is 5.40. The summed E-state index contributed by atoms with van der Waals surface area (Å²) in [6.45, 7) is 2.13. The largest absolute Gasteiger partial charge is 0.276 e. The first-order valence-corrected chi connectivity index (χ1v) is 6.11. The maximum absolute atomic E-state index is 2.45. The maximum Gasteiger partial charge on any atom is 0.276 e. The summed E-state index contributed by atoms with van der Waals surface area (Å²) in [6, 6.07) is 15.1. The Bertz CT molecular complexity index is 534. The van der Waals surface area contributed by atoms with Crippen LogP contribution in [0.15, 0.2) is 48.7 Å². The van der Waals surface area contributed by atoms with Crippen molar-refractivity contribution in [1.82, 2.24) is 0 Å². The summed E-state index contributed by atoms with van der Waals surface area (Å²) in [4.78, 5) is 2.45. The molecule has 2 heteroatoms. The van der Waals surface area contributed by atoms with E-state index >= 15 is 0 Å². The number of hydrogen-bond donors (Lipinski definition) is 0. The van der Waals surface area contributed by atoms with Gasteiger partial charge in [-0.15, -0.1) is 0 Å². The topological polar surface area (TPSA) is 7.12 Å². The number of rotatable bonds is 1. The highest BCUT2D eigenvalue weighted by Crippen LogP contribution is 2.21. The highest BCUT2D eigenvalue weighted by atomic mass is 15.2. The lowest BCUT2D eigenvalue weighted by Crippen LogP contribution is -2.41. The minimum atomic E-state index is 1.02. The predicted molar refractivity (Wildman–Crippen MR) is 68.8 cm³/mol. The lowest BCUT2D eigenvalue weighted by Gasteiger charge is -2.24. The van der Waals surface area contributed by atoms with Gasteiger partial charge in [-0.3, -0.25) is 4.90 Å². The predicted octanol–water partition coefficient (Wildman–Crippen LogP) is 2.07. The molecule has 0 fully saturated rings. The molecule has 2 heterocycles. The fourth-order valence-electron chi connectivity index (χ4n) is 2.53. The minimum Gasteiger partial charge on any atom is -0.257 e. The summed E-state index contributed by atoms with van der Waals surface area (Å²) >= 11 is 0. The number of fused-ring (bicyclic) bond motifs is 1. The zero-order valence-corrected chi connectivity index (χ0v) is 10.1. The Morgan fingerprint density at radius 1 is 1.00 bits per heavy atom. The number of nitrogens with zero attached hydrogens (tertiary/aromatic N) is 2. The number of aryl methyl sites for hydroxylation is 1. The summed E-state index contributed by atoms with van der Waals surface area (Å²) in [5.74, 6) is 1.29. The Labute approximate surface area is 102 Å². The molecule has 3 rings (SSSR count). The zero-order valence-electron chi connectivity index (χ0n) is 10.1. The van der Waals surface area contributed by atoms with E-state index in [2.05, 4.69) is 65.2 Å². The Morgan fingerprint density at radius 2 is 1.76 bits per heavy atom. The Kier molecular flexibility index (Phi) is 2.56. The molecular formula is C15H17N2+. The monoisotopic (exact) mass is 225 g/mol. The first-order chi connectivity index (χ1) is 8.34. The van der Waals surface area contributed by atoms with Crippen LogP contribution in [0.5, 0.6) is 0 Å². The van der Waals surface area contributed by atoms with Gasteiger partial charge in [0, 0.05) is 12.5 Å². The standard InChI is InChI=1S/C15H17N2/c1-16-10-5-4-8-15(16)17-11-9-13-6-2-3-7-14(13)12-17/h2-8,10H,9,11-12H2,1H3/q+1. The average Bonchev–Trinajstić information content (AvgIpc) is 2.39. The average molecular weight is 225 g/mol. The second-order valence-electron chi connectivity index (χ2n) is 4.61. The van der Waals surface area contributed by atoms with Gasteiger partial charge in [-0.05, 0) is 17.2 Å². The summed E-state index contributed by atoms with van der Waals surface area (Å²) in [5, 5.41) is 0. The van der Waals surface area contributed by atoms with E-state index in [0.29, 0.717) is 0 Å². The smallest absolute Gasteiger partial charge is 0.257 e. The van der Waals surface area contributed by atoms with Crippen LogP contribution in [-0.2, 0) is 20.0 Å². The van der Waals surface area contributed by atoms with Crippen molar-refractivity contribution >= 4 is 5.82 Å². The number of benzene rings is 1. The van der Waals surface area contributed by atoms with Crippen molar-refractivity contribution in [3.05, 3.63) is 59.8 Å². The van der Waals surface area contributed by atoms with Crippen LogP contribution in [0, 0.1) is 0 Å². The number of hydrogen-bond acceptors (Lipinski definition) is 1. The van der Waals surface area contributed by atoms with Gasteiger partial charge in [0.15, 0.2) is 0 Å². The van der Waals surface area contributed by atoms with Crippen LogP contribution >= 0.6 is 0 Å². The lowest BCUT2D eigenvalue weighted by molar-refractivity contribution is -0.659. The molecule has 0 saturated heterocycles. The van der Waals surface area contributed by atoms with E-state index in [4.69, 9.17) is 0 Å². The van der Waals surface area contributed by atoms with E-state index in [1.807, 2.05) is 0 Å². The molecule has 0 unspecified atom stereocenters. The van der Waals surface area contributed by atoms with E-state index in [9.17, 15) is 0 Å². The molecule has 2 aromatic rings. The molecule has 0 saturated carbocycles. The summed E-state index contributed by atoms with van der Waals surface area (Å²) < 4.78 is 2.19. The van der Waals surface area contributed by atoms with E-state index < -0.39 is 0 Å². The van der Waals surface area contributed by atoms with Crippen molar-refractivity contribution in [3.63, 3.8) is 0 Å². The van der Waals surface area contributed by atoms with E-state index in [1.165, 1.54) is 16.9 Å². The van der Waals surface area contributed by atoms with Gasteiger partial charge in [-0.2, -0.15) is 0 Å². The first kappa shape index (κ1) is 10.3. The molecule has 86 valence electrons. The third-order valence-electron chi connectivity index (χ3n) is 3.48. The Hall–Kier alpha value is -1.83. The number of pyridine rings is 1. The normalized spacial score (nSPS) is 14.5. The van der Waals surface area contributed by atoms with Crippen LogP contribution in [0.25, 0.3) is 0 Å². The second kappa shape index (κ2) is 4.21. The molecule has 0 aliphatic carbocycles. The molecule has 0 radical (unpaired) electrons. The van der Waals surface area contributed by atoms with Gasteiger partial charge in [-0.1, -0.05) is 30.3 Å². The van der Waals surface area contributed by atoms with E-state index in [-0.39, 0.29) is 0 Å². The van der Waals surface area contributed by atoms with Gasteiger partial charge in [0.25, 0.3) is 5.82 Å². The molecule has 0 spiro atoms. The molecule has 0 N–H and O–H groups in total. The molecule has 2 nitrogen and oxygen atoms in total. The van der Waals surface area contributed by atoms with Crippen LogP contribution < -0.4 is 9.47 Å². The summed E-state index contributed by atoms with van der Waals surface area (Å²) in [5.41, 5.74) is 2.96. The molecule has 1 aromatic carbocycles. The van der Waals surface area contributed by atoms with Crippen molar-refractivity contribution in [1.29, 1.82) is 0 Å². The first-order valence-electron chi connectivity index (χ1n) is 6.11. The van der Waals surface area contributed by atoms with Crippen LogP contribution in [0.4, 0.5) is 5.82 Å². The molecule has 0 bridgehead atoms. The minimum absolute atomic E-state index is 1.02. The third-order valence-corrected chi connectivity index (χ3v) is 3.48.